The van der Waals surface area contributed by atoms with E-state index in [0.717, 1.165) is 12.1 Å². The number of rotatable bonds is 6. The van der Waals surface area contributed by atoms with Crippen LogP contribution in [0.25, 0.3) is 0 Å². The molecule has 0 atom stereocenters. The predicted octanol–water partition coefficient (Wildman–Crippen LogP) is 2.48. The highest BCUT2D eigenvalue weighted by atomic mass is 19.1. The van der Waals surface area contributed by atoms with E-state index in [1.165, 1.54) is 18.2 Å². The third-order valence-electron chi connectivity index (χ3n) is 3.09. The minimum atomic E-state index is -0.714. The number of hydrogen-bond donors (Lipinski definition) is 1. The Morgan fingerprint density at radius 3 is 2.39 bits per heavy atom. The van der Waals surface area contributed by atoms with E-state index in [9.17, 15) is 18.4 Å². The third kappa shape index (κ3) is 5.18. The van der Waals surface area contributed by atoms with Crippen LogP contribution >= 0.6 is 0 Å². The number of amides is 1. The van der Waals surface area contributed by atoms with Crippen LogP contribution in [-0.4, -0.2) is 25.0 Å². The first-order valence-electron chi connectivity index (χ1n) is 6.99. The molecule has 0 aliphatic rings. The molecule has 0 saturated heterocycles. The van der Waals surface area contributed by atoms with Gasteiger partial charge < -0.3 is 10.1 Å². The molecule has 0 spiro atoms. The second-order valence-electron chi connectivity index (χ2n) is 4.77. The van der Waals surface area contributed by atoms with Crippen LogP contribution in [0.1, 0.15) is 15.9 Å². The van der Waals surface area contributed by atoms with Crippen molar-refractivity contribution in [3.8, 4) is 0 Å². The molecular weight excluding hydrogens is 304 g/mol. The molecule has 1 N–H and O–H groups in total. The van der Waals surface area contributed by atoms with Crippen molar-refractivity contribution in [1.82, 2.24) is 5.32 Å². The fourth-order valence-electron chi connectivity index (χ4n) is 1.89. The summed E-state index contributed by atoms with van der Waals surface area (Å²) in [5.41, 5.74) is 0.654. The summed E-state index contributed by atoms with van der Waals surface area (Å²) in [5, 5.41) is 2.53. The maximum Gasteiger partial charge on any atom is 0.338 e. The zero-order valence-electron chi connectivity index (χ0n) is 12.2. The van der Waals surface area contributed by atoms with Gasteiger partial charge in [0.2, 0.25) is 0 Å². The number of halogens is 2. The van der Waals surface area contributed by atoms with Crippen LogP contribution < -0.4 is 5.32 Å². The maximum absolute atomic E-state index is 13.4. The zero-order valence-corrected chi connectivity index (χ0v) is 12.2. The monoisotopic (exact) mass is 319 g/mol. The molecule has 0 unspecified atom stereocenters. The van der Waals surface area contributed by atoms with E-state index in [2.05, 4.69) is 5.32 Å². The molecule has 4 nitrogen and oxygen atoms in total. The Balaban J connectivity index is 1.72. The summed E-state index contributed by atoms with van der Waals surface area (Å²) in [4.78, 5) is 23.2. The Morgan fingerprint density at radius 1 is 1.00 bits per heavy atom. The summed E-state index contributed by atoms with van der Waals surface area (Å²) < 4.78 is 30.9. The van der Waals surface area contributed by atoms with Crippen LogP contribution in [0.15, 0.2) is 48.5 Å². The van der Waals surface area contributed by atoms with E-state index in [4.69, 9.17) is 4.74 Å². The molecule has 0 aromatic heterocycles. The van der Waals surface area contributed by atoms with Crippen LogP contribution in [0, 0.1) is 11.6 Å². The lowest BCUT2D eigenvalue weighted by Crippen LogP contribution is -2.30. The summed E-state index contributed by atoms with van der Waals surface area (Å²) in [5.74, 6) is -2.00. The number of carbonyl (C=O) groups excluding carboxylic acids is 2. The van der Waals surface area contributed by atoms with Crippen LogP contribution in [0.5, 0.6) is 0 Å². The molecule has 120 valence electrons. The van der Waals surface area contributed by atoms with E-state index in [1.54, 1.807) is 18.2 Å². The average molecular weight is 319 g/mol. The number of nitrogens with one attached hydrogen (secondary N) is 1. The third-order valence-corrected chi connectivity index (χ3v) is 3.09. The first-order valence-corrected chi connectivity index (χ1v) is 6.99. The van der Waals surface area contributed by atoms with Crippen molar-refractivity contribution in [2.45, 2.75) is 6.42 Å². The van der Waals surface area contributed by atoms with Crippen molar-refractivity contribution in [2.75, 3.05) is 13.2 Å². The Kier molecular flexibility index (Phi) is 5.80. The van der Waals surface area contributed by atoms with Crippen molar-refractivity contribution in [1.29, 1.82) is 0 Å². The normalized spacial score (nSPS) is 10.2. The van der Waals surface area contributed by atoms with Gasteiger partial charge in [0, 0.05) is 6.54 Å². The lowest BCUT2D eigenvalue weighted by atomic mass is 10.1. The van der Waals surface area contributed by atoms with Crippen LogP contribution in [0.3, 0.4) is 0 Å². The topological polar surface area (TPSA) is 55.4 Å². The molecule has 0 radical (unpaired) electrons. The van der Waals surface area contributed by atoms with E-state index >= 15 is 0 Å². The number of hydrogen-bond acceptors (Lipinski definition) is 3. The summed E-state index contributed by atoms with van der Waals surface area (Å²) in [6.45, 7) is -0.221. The van der Waals surface area contributed by atoms with Gasteiger partial charge in [-0.1, -0.05) is 18.2 Å². The van der Waals surface area contributed by atoms with Gasteiger partial charge >= 0.3 is 5.97 Å². The van der Waals surface area contributed by atoms with Crippen molar-refractivity contribution in [2.24, 2.45) is 0 Å². The lowest BCUT2D eigenvalue weighted by molar-refractivity contribution is -0.124. The highest BCUT2D eigenvalue weighted by Gasteiger charge is 2.10. The van der Waals surface area contributed by atoms with Crippen LogP contribution in [0.4, 0.5) is 8.78 Å². The van der Waals surface area contributed by atoms with Gasteiger partial charge in [-0.25, -0.2) is 13.6 Å². The van der Waals surface area contributed by atoms with Gasteiger partial charge in [-0.15, -0.1) is 0 Å². The van der Waals surface area contributed by atoms with Crippen molar-refractivity contribution in [3.05, 3.63) is 71.3 Å². The summed E-state index contributed by atoms with van der Waals surface area (Å²) in [6.07, 6.45) is 0.338. The predicted molar refractivity (Wildman–Crippen MR) is 79.8 cm³/mol. The number of benzene rings is 2. The van der Waals surface area contributed by atoms with Crippen molar-refractivity contribution < 1.29 is 23.1 Å². The first kappa shape index (κ1) is 16.6. The SMILES string of the molecule is O=C(COC(=O)c1ccc(F)cc1)NCCc1ccccc1F. The van der Waals surface area contributed by atoms with E-state index in [0.29, 0.717) is 12.0 Å². The average Bonchev–Trinajstić information content (AvgIpc) is 2.55. The first-order chi connectivity index (χ1) is 11.1. The van der Waals surface area contributed by atoms with Gasteiger partial charge in [-0.3, -0.25) is 4.79 Å². The highest BCUT2D eigenvalue weighted by molar-refractivity contribution is 5.91. The van der Waals surface area contributed by atoms with Crippen molar-refractivity contribution in [3.63, 3.8) is 0 Å². The largest absolute Gasteiger partial charge is 0.452 e. The molecule has 0 heterocycles. The van der Waals surface area contributed by atoms with Gasteiger partial charge in [0.05, 0.1) is 5.56 Å². The number of esters is 1. The van der Waals surface area contributed by atoms with Gasteiger partial charge in [-0.2, -0.15) is 0 Å². The molecular formula is C17H15F2NO3. The van der Waals surface area contributed by atoms with Gasteiger partial charge in [-0.05, 0) is 42.3 Å². The fourth-order valence-corrected chi connectivity index (χ4v) is 1.89. The molecule has 0 fully saturated rings. The molecule has 0 bridgehead atoms. The summed E-state index contributed by atoms with van der Waals surface area (Å²) in [7, 11) is 0. The molecule has 6 heteroatoms. The molecule has 2 rings (SSSR count). The molecule has 2 aromatic rings. The molecule has 0 saturated carbocycles. The summed E-state index contributed by atoms with van der Waals surface area (Å²) in [6, 6.07) is 11.1. The van der Waals surface area contributed by atoms with Crippen LogP contribution in [0.2, 0.25) is 0 Å². The van der Waals surface area contributed by atoms with Gasteiger partial charge in [0.25, 0.3) is 5.91 Å². The van der Waals surface area contributed by atoms with E-state index in [1.807, 2.05) is 0 Å². The fraction of sp³-hybridized carbons (Fsp3) is 0.176. The maximum atomic E-state index is 13.4. The number of carbonyl (C=O) groups is 2. The quantitative estimate of drug-likeness (QED) is 0.832. The lowest BCUT2D eigenvalue weighted by Gasteiger charge is -2.07. The molecule has 1 amide bonds. The minimum absolute atomic E-state index is 0.158. The summed E-state index contributed by atoms with van der Waals surface area (Å²) >= 11 is 0. The molecule has 0 aliphatic heterocycles. The Labute approximate surface area is 132 Å². The number of ether oxygens (including phenoxy) is 1. The van der Waals surface area contributed by atoms with E-state index in [-0.39, 0.29) is 17.9 Å². The highest BCUT2D eigenvalue weighted by Crippen LogP contribution is 2.06. The second kappa shape index (κ2) is 8.03. The Hall–Kier alpha value is -2.76. The van der Waals surface area contributed by atoms with Crippen LogP contribution in [-0.2, 0) is 16.0 Å². The molecule has 23 heavy (non-hydrogen) atoms. The molecule has 2 aromatic carbocycles. The minimum Gasteiger partial charge on any atom is -0.452 e. The Morgan fingerprint density at radius 2 is 1.70 bits per heavy atom. The second-order valence-corrected chi connectivity index (χ2v) is 4.77. The van der Waals surface area contributed by atoms with Gasteiger partial charge in [0.15, 0.2) is 6.61 Å². The standard InChI is InChI=1S/C17H15F2NO3/c18-14-7-5-13(6-8-14)17(22)23-11-16(21)20-10-9-12-3-1-2-4-15(12)19/h1-8H,9-11H2,(H,20,21). The molecule has 0 aliphatic carbocycles. The smallest absolute Gasteiger partial charge is 0.338 e. The van der Waals surface area contributed by atoms with E-state index < -0.39 is 24.3 Å². The van der Waals surface area contributed by atoms with Gasteiger partial charge in [0.1, 0.15) is 11.6 Å². The Bertz CT molecular complexity index is 686. The zero-order chi connectivity index (χ0) is 16.7. The van der Waals surface area contributed by atoms with Crippen molar-refractivity contribution >= 4 is 11.9 Å².